The van der Waals surface area contributed by atoms with Gasteiger partial charge in [-0.15, -0.1) is 0 Å². The third-order valence-electron chi connectivity index (χ3n) is 4.95. The smallest absolute Gasteiger partial charge is 0.276 e. The highest BCUT2D eigenvalue weighted by atomic mass is 16.6. The lowest BCUT2D eigenvalue weighted by molar-refractivity contribution is -0.385. The van der Waals surface area contributed by atoms with Crippen LogP contribution >= 0.6 is 0 Å². The second kappa shape index (κ2) is 6.01. The maximum absolute atomic E-state index is 11.5. The minimum Gasteiger partial charge on any atom is -0.495 e. The molecule has 0 amide bonds. The topological polar surface area (TPSA) is 111 Å². The molecule has 2 aliphatic rings. The minimum absolute atomic E-state index is 0.00616. The molecule has 4 rings (SSSR count). The highest BCUT2D eigenvalue weighted by molar-refractivity contribution is 5.80. The molecule has 0 atom stereocenters. The largest absolute Gasteiger partial charge is 0.495 e. The van der Waals surface area contributed by atoms with E-state index in [1.54, 1.807) is 12.1 Å². The van der Waals surface area contributed by atoms with Crippen LogP contribution in [0.3, 0.4) is 0 Å². The summed E-state index contributed by atoms with van der Waals surface area (Å²) < 4.78 is 10.8. The maximum Gasteiger partial charge on any atom is 0.276 e. The number of hydrogen-bond acceptors (Lipinski definition) is 8. The van der Waals surface area contributed by atoms with Gasteiger partial charge in [0.15, 0.2) is 0 Å². The Hall–Kier alpha value is -3.56. The first kappa shape index (κ1) is 16.9. The lowest BCUT2D eigenvalue weighted by Crippen LogP contribution is -2.46. The molecule has 0 spiro atoms. The van der Waals surface area contributed by atoms with Crippen molar-refractivity contribution in [3.8, 4) is 11.5 Å². The average Bonchev–Trinajstić information content (AvgIpc) is 2.65. The number of hydrogen-bond donors (Lipinski definition) is 0. The Kier molecular flexibility index (Phi) is 3.76. The molecule has 0 saturated carbocycles. The Morgan fingerprint density at radius 3 is 1.56 bits per heavy atom. The van der Waals surface area contributed by atoms with Gasteiger partial charge < -0.3 is 19.3 Å². The molecule has 0 saturated heterocycles. The monoisotopic (exact) mass is 372 g/mol. The number of benzene rings is 2. The molecule has 0 N–H and O–H groups in total. The molecule has 2 aliphatic heterocycles. The van der Waals surface area contributed by atoms with Crippen LogP contribution in [0.15, 0.2) is 24.3 Å². The van der Waals surface area contributed by atoms with Crippen molar-refractivity contribution >= 4 is 22.7 Å². The Morgan fingerprint density at radius 1 is 0.815 bits per heavy atom. The summed E-state index contributed by atoms with van der Waals surface area (Å²) in [5.41, 5.74) is 2.23. The van der Waals surface area contributed by atoms with Crippen LogP contribution in [0, 0.1) is 20.2 Å². The Balaban J connectivity index is 1.94. The fourth-order valence-electron chi connectivity index (χ4n) is 3.87. The van der Waals surface area contributed by atoms with Crippen molar-refractivity contribution in [2.45, 2.75) is 13.1 Å². The van der Waals surface area contributed by atoms with Crippen LogP contribution in [0.2, 0.25) is 0 Å². The van der Waals surface area contributed by atoms with Gasteiger partial charge >= 0.3 is 0 Å². The van der Waals surface area contributed by atoms with E-state index >= 15 is 0 Å². The SMILES string of the molecule is COc1ccc([N+](=O)[O-])c2c1N1Cc3c([N+](=O)[O-])ccc(OC)c3N(C2)C1. The van der Waals surface area contributed by atoms with Gasteiger partial charge in [0.2, 0.25) is 0 Å². The third kappa shape index (κ3) is 2.40. The van der Waals surface area contributed by atoms with Crippen LogP contribution in [0.5, 0.6) is 11.5 Å². The molecule has 0 radical (unpaired) electrons. The zero-order chi connectivity index (χ0) is 19.3. The summed E-state index contributed by atoms with van der Waals surface area (Å²) >= 11 is 0. The van der Waals surface area contributed by atoms with E-state index in [2.05, 4.69) is 0 Å². The summed E-state index contributed by atoms with van der Waals surface area (Å²) in [4.78, 5) is 25.9. The van der Waals surface area contributed by atoms with Crippen molar-refractivity contribution in [2.75, 3.05) is 30.7 Å². The molecule has 10 heteroatoms. The molecule has 10 nitrogen and oxygen atoms in total. The number of nitrogens with zero attached hydrogens (tertiary/aromatic N) is 4. The van der Waals surface area contributed by atoms with E-state index in [-0.39, 0.29) is 24.5 Å². The molecule has 2 aromatic rings. The van der Waals surface area contributed by atoms with Crippen LogP contribution in [0.4, 0.5) is 22.7 Å². The van der Waals surface area contributed by atoms with Gasteiger partial charge in [-0.1, -0.05) is 0 Å². The van der Waals surface area contributed by atoms with Gasteiger partial charge in [-0.05, 0) is 12.1 Å². The van der Waals surface area contributed by atoms with E-state index in [1.165, 1.54) is 26.4 Å². The zero-order valence-corrected chi connectivity index (χ0v) is 14.7. The molecular formula is C17H16N4O6. The van der Waals surface area contributed by atoms with E-state index in [0.29, 0.717) is 40.7 Å². The predicted molar refractivity (Wildman–Crippen MR) is 96.5 cm³/mol. The summed E-state index contributed by atoms with van der Waals surface area (Å²) in [6.07, 6.45) is 0. The molecule has 0 aromatic heterocycles. The molecule has 2 aromatic carbocycles. The van der Waals surface area contributed by atoms with Crippen LogP contribution in [-0.2, 0) is 13.1 Å². The third-order valence-corrected chi connectivity index (χ3v) is 4.95. The molecule has 2 heterocycles. The van der Waals surface area contributed by atoms with E-state index < -0.39 is 9.85 Å². The molecule has 27 heavy (non-hydrogen) atoms. The van der Waals surface area contributed by atoms with Gasteiger partial charge in [0, 0.05) is 12.1 Å². The average molecular weight is 372 g/mol. The Bertz CT molecular complexity index is 899. The van der Waals surface area contributed by atoms with Crippen molar-refractivity contribution in [3.05, 3.63) is 55.6 Å². The summed E-state index contributed by atoms with van der Waals surface area (Å²) in [7, 11) is 2.99. The number of rotatable bonds is 4. The van der Waals surface area contributed by atoms with Gasteiger partial charge in [-0.3, -0.25) is 20.2 Å². The molecule has 0 fully saturated rings. The van der Waals surface area contributed by atoms with Crippen LogP contribution < -0.4 is 19.3 Å². The second-order valence-electron chi connectivity index (χ2n) is 6.28. The number of methoxy groups -OCH3 is 2. The fraction of sp³-hybridized carbons (Fsp3) is 0.294. The molecule has 140 valence electrons. The van der Waals surface area contributed by atoms with Gasteiger partial charge in [0.25, 0.3) is 11.4 Å². The number of ether oxygens (including phenoxy) is 2. The van der Waals surface area contributed by atoms with Crippen molar-refractivity contribution in [1.29, 1.82) is 0 Å². The Labute approximate surface area is 153 Å². The van der Waals surface area contributed by atoms with E-state index in [4.69, 9.17) is 9.47 Å². The fourth-order valence-corrected chi connectivity index (χ4v) is 3.87. The second-order valence-corrected chi connectivity index (χ2v) is 6.28. The number of anilines is 2. The first-order valence-electron chi connectivity index (χ1n) is 8.14. The molecule has 0 aliphatic carbocycles. The first-order chi connectivity index (χ1) is 13.0. The predicted octanol–water partition coefficient (Wildman–Crippen LogP) is 2.82. The van der Waals surface area contributed by atoms with Gasteiger partial charge in [-0.25, -0.2) is 0 Å². The van der Waals surface area contributed by atoms with Gasteiger partial charge in [0.05, 0.1) is 66.3 Å². The number of fused-ring (bicyclic) bond motifs is 6. The van der Waals surface area contributed by atoms with Crippen molar-refractivity contribution < 1.29 is 19.3 Å². The van der Waals surface area contributed by atoms with Crippen molar-refractivity contribution in [3.63, 3.8) is 0 Å². The van der Waals surface area contributed by atoms with E-state index in [1.807, 2.05) is 9.80 Å². The standard InChI is InChI=1S/C17H16N4O6/c1-26-14-5-3-12(20(22)23)10-7-19-9-18(16(10)14)8-11-13(21(24)25)4-6-15(27-2)17(11)19/h3-6H,7-9H2,1-2H3. The minimum atomic E-state index is -0.423. The summed E-state index contributed by atoms with van der Waals surface area (Å²) in [6.45, 7) is 0.878. The van der Waals surface area contributed by atoms with Crippen molar-refractivity contribution in [1.82, 2.24) is 0 Å². The van der Waals surface area contributed by atoms with Crippen molar-refractivity contribution in [2.24, 2.45) is 0 Å². The van der Waals surface area contributed by atoms with Crippen LogP contribution in [0.25, 0.3) is 0 Å². The Morgan fingerprint density at radius 2 is 1.22 bits per heavy atom. The quantitative estimate of drug-likeness (QED) is 0.595. The first-order valence-corrected chi connectivity index (χ1v) is 8.14. The van der Waals surface area contributed by atoms with E-state index in [0.717, 1.165) is 0 Å². The van der Waals surface area contributed by atoms with Gasteiger partial charge in [-0.2, -0.15) is 0 Å². The summed E-state index contributed by atoms with van der Waals surface area (Å²) in [5, 5.41) is 23.0. The zero-order valence-electron chi connectivity index (χ0n) is 14.7. The normalized spacial score (nSPS) is 14.3. The molecule has 2 bridgehead atoms. The summed E-state index contributed by atoms with van der Waals surface area (Å²) in [6, 6.07) is 5.96. The van der Waals surface area contributed by atoms with Gasteiger partial charge in [0.1, 0.15) is 11.5 Å². The lowest BCUT2D eigenvalue weighted by atomic mass is 9.98. The van der Waals surface area contributed by atoms with Crippen LogP contribution in [-0.4, -0.2) is 30.7 Å². The summed E-state index contributed by atoms with van der Waals surface area (Å²) in [5.74, 6) is 1.01. The number of nitro benzene ring substituents is 2. The molecule has 0 unspecified atom stereocenters. The highest BCUT2D eigenvalue weighted by Gasteiger charge is 2.39. The lowest BCUT2D eigenvalue weighted by Gasteiger charge is -2.44. The molecular weight excluding hydrogens is 356 g/mol. The highest BCUT2D eigenvalue weighted by Crippen LogP contribution is 2.50. The van der Waals surface area contributed by atoms with E-state index in [9.17, 15) is 20.2 Å². The van der Waals surface area contributed by atoms with Crippen LogP contribution in [0.1, 0.15) is 11.1 Å². The maximum atomic E-state index is 11.5. The number of nitro groups is 2.